The van der Waals surface area contributed by atoms with E-state index in [1.165, 1.54) is 60.2 Å². The summed E-state index contributed by atoms with van der Waals surface area (Å²) in [5.74, 6) is 0.176. The third kappa shape index (κ3) is 5.20. The van der Waals surface area contributed by atoms with Gasteiger partial charge < -0.3 is 9.80 Å². The van der Waals surface area contributed by atoms with Crippen LogP contribution in [0.25, 0.3) is 11.1 Å². The fourth-order valence-corrected chi connectivity index (χ4v) is 5.60. The molecule has 1 atom stereocenters. The lowest BCUT2D eigenvalue weighted by atomic mass is 9.82. The molecule has 1 heterocycles. The monoisotopic (exact) mass is 439 g/mol. The maximum Gasteiger partial charge on any atom is 0.227 e. The van der Waals surface area contributed by atoms with Crippen molar-refractivity contribution in [1.29, 1.82) is 0 Å². The van der Waals surface area contributed by atoms with Gasteiger partial charge in [0.15, 0.2) is 0 Å². The molecule has 0 bridgehead atoms. The highest BCUT2D eigenvalue weighted by molar-refractivity contribution is 5.93. The second-order valence-corrected chi connectivity index (χ2v) is 10.3. The van der Waals surface area contributed by atoms with Crippen molar-refractivity contribution in [2.24, 2.45) is 5.92 Å². The van der Waals surface area contributed by atoms with Gasteiger partial charge in [0, 0.05) is 17.2 Å². The van der Waals surface area contributed by atoms with Crippen LogP contribution in [0.4, 0.5) is 5.69 Å². The van der Waals surface area contributed by atoms with E-state index in [1.54, 1.807) is 0 Å². The molecule has 3 aromatic rings. The van der Waals surface area contributed by atoms with Crippen LogP contribution in [0.3, 0.4) is 0 Å². The molecule has 1 aliphatic carbocycles. The van der Waals surface area contributed by atoms with Gasteiger partial charge in [-0.2, -0.15) is 0 Å². The van der Waals surface area contributed by atoms with Crippen LogP contribution in [0.5, 0.6) is 0 Å². The number of hydrogen-bond acceptors (Lipinski definition) is 1. The van der Waals surface area contributed by atoms with Crippen molar-refractivity contribution in [3.63, 3.8) is 0 Å². The number of anilines is 1. The SMILES string of the molecule is C[N+]1(Cc2ccc(NC(=O)C3CCc4ccc(-c5ccccc5)cc4C3)cc2)CCCCC1. The molecule has 1 saturated heterocycles. The van der Waals surface area contributed by atoms with Crippen molar-refractivity contribution in [3.05, 3.63) is 89.5 Å². The number of piperidine rings is 1. The lowest BCUT2D eigenvalue weighted by molar-refractivity contribution is -0.926. The molecule has 2 aliphatic rings. The largest absolute Gasteiger partial charge is 0.326 e. The number of carbonyl (C=O) groups excluding carboxylic acids is 1. The summed E-state index contributed by atoms with van der Waals surface area (Å²) in [6.07, 6.45) is 6.74. The second-order valence-electron chi connectivity index (χ2n) is 10.3. The first-order valence-electron chi connectivity index (χ1n) is 12.5. The number of quaternary nitrogens is 1. The van der Waals surface area contributed by atoms with E-state index in [-0.39, 0.29) is 11.8 Å². The molecule has 1 fully saturated rings. The number of aryl methyl sites for hydroxylation is 1. The molecule has 3 heteroatoms. The second kappa shape index (κ2) is 9.52. The van der Waals surface area contributed by atoms with Crippen molar-refractivity contribution in [2.75, 3.05) is 25.5 Å². The van der Waals surface area contributed by atoms with Crippen LogP contribution < -0.4 is 5.32 Å². The summed E-state index contributed by atoms with van der Waals surface area (Å²) in [6, 6.07) is 25.8. The standard InChI is InChI=1S/C30H34N2O/c1-32(18-6-3-7-19-32)22-23-10-16-29(17-11-23)31-30(33)27-15-13-25-12-14-26(20-28(25)21-27)24-8-4-2-5-9-24/h2,4-5,8-12,14,16-17,20,27H,3,6-7,13,15,18-19,21-22H2,1H3/p+1. The van der Waals surface area contributed by atoms with Gasteiger partial charge in [0.25, 0.3) is 0 Å². The number of rotatable bonds is 5. The molecule has 3 nitrogen and oxygen atoms in total. The molecule has 0 spiro atoms. The van der Waals surface area contributed by atoms with Crippen molar-refractivity contribution >= 4 is 11.6 Å². The molecule has 0 saturated carbocycles. The summed E-state index contributed by atoms with van der Waals surface area (Å²) in [5.41, 5.74) is 7.43. The van der Waals surface area contributed by atoms with Crippen LogP contribution in [0.2, 0.25) is 0 Å². The van der Waals surface area contributed by atoms with Crippen LogP contribution in [0, 0.1) is 5.92 Å². The molecular formula is C30H35N2O+. The molecular weight excluding hydrogens is 404 g/mol. The Morgan fingerprint density at radius 3 is 2.39 bits per heavy atom. The van der Waals surface area contributed by atoms with E-state index in [2.05, 4.69) is 79.1 Å². The Kier molecular flexibility index (Phi) is 6.32. The normalized spacial score (nSPS) is 19.5. The van der Waals surface area contributed by atoms with Crippen molar-refractivity contribution in [1.82, 2.24) is 0 Å². The number of nitrogens with zero attached hydrogens (tertiary/aromatic N) is 1. The molecule has 0 radical (unpaired) electrons. The van der Waals surface area contributed by atoms with Crippen LogP contribution in [0.15, 0.2) is 72.8 Å². The maximum atomic E-state index is 13.1. The molecule has 0 aromatic heterocycles. The highest BCUT2D eigenvalue weighted by Crippen LogP contribution is 2.31. The summed E-state index contributed by atoms with van der Waals surface area (Å²) >= 11 is 0. The Morgan fingerprint density at radius 2 is 1.64 bits per heavy atom. The Hall–Kier alpha value is -2.91. The summed E-state index contributed by atoms with van der Waals surface area (Å²) in [5, 5.41) is 3.19. The van der Waals surface area contributed by atoms with Gasteiger partial charge in [-0.15, -0.1) is 0 Å². The van der Waals surface area contributed by atoms with Crippen LogP contribution in [-0.2, 0) is 24.2 Å². The highest BCUT2D eigenvalue weighted by atomic mass is 16.1. The van der Waals surface area contributed by atoms with Gasteiger partial charge in [-0.25, -0.2) is 0 Å². The van der Waals surface area contributed by atoms with Gasteiger partial charge in [0.1, 0.15) is 6.54 Å². The van der Waals surface area contributed by atoms with Gasteiger partial charge in [-0.3, -0.25) is 4.79 Å². The average Bonchev–Trinajstić information content (AvgIpc) is 2.85. The lowest BCUT2D eigenvalue weighted by Gasteiger charge is -2.37. The van der Waals surface area contributed by atoms with Gasteiger partial charge >= 0.3 is 0 Å². The van der Waals surface area contributed by atoms with Crippen molar-refractivity contribution in [2.45, 2.75) is 45.1 Å². The maximum absolute atomic E-state index is 13.1. The summed E-state index contributed by atoms with van der Waals surface area (Å²) in [6.45, 7) is 3.62. The number of benzene rings is 3. The number of amides is 1. The summed E-state index contributed by atoms with van der Waals surface area (Å²) < 4.78 is 1.14. The smallest absolute Gasteiger partial charge is 0.227 e. The summed E-state index contributed by atoms with van der Waals surface area (Å²) in [7, 11) is 2.37. The minimum atomic E-state index is 0.0287. The minimum absolute atomic E-state index is 0.0287. The predicted molar refractivity (Wildman–Crippen MR) is 136 cm³/mol. The fourth-order valence-electron chi connectivity index (χ4n) is 5.60. The number of nitrogens with one attached hydrogen (secondary N) is 1. The van der Waals surface area contributed by atoms with E-state index < -0.39 is 0 Å². The Labute approximate surface area is 198 Å². The third-order valence-corrected chi connectivity index (χ3v) is 7.59. The first-order chi connectivity index (χ1) is 16.1. The average molecular weight is 440 g/mol. The van der Waals surface area contributed by atoms with Gasteiger partial charge in [0.05, 0.1) is 20.1 Å². The van der Waals surface area contributed by atoms with E-state index in [4.69, 9.17) is 0 Å². The van der Waals surface area contributed by atoms with Gasteiger partial charge in [0.2, 0.25) is 5.91 Å². The number of fused-ring (bicyclic) bond motifs is 1. The molecule has 1 N–H and O–H groups in total. The predicted octanol–water partition coefficient (Wildman–Crippen LogP) is 6.23. The fraction of sp³-hybridized carbons (Fsp3) is 0.367. The first kappa shape index (κ1) is 21.9. The molecule has 1 amide bonds. The van der Waals surface area contributed by atoms with E-state index >= 15 is 0 Å². The Morgan fingerprint density at radius 1 is 0.879 bits per heavy atom. The third-order valence-electron chi connectivity index (χ3n) is 7.59. The zero-order chi connectivity index (χ0) is 22.7. The molecule has 3 aromatic carbocycles. The number of hydrogen-bond donors (Lipinski definition) is 1. The van der Waals surface area contributed by atoms with Crippen molar-refractivity contribution < 1.29 is 9.28 Å². The number of carbonyl (C=O) groups is 1. The highest BCUT2D eigenvalue weighted by Gasteiger charge is 2.26. The van der Waals surface area contributed by atoms with E-state index in [0.717, 1.165) is 36.0 Å². The van der Waals surface area contributed by atoms with Crippen molar-refractivity contribution in [3.8, 4) is 11.1 Å². The Bertz CT molecular complexity index is 1100. The summed E-state index contributed by atoms with van der Waals surface area (Å²) in [4.78, 5) is 13.1. The van der Waals surface area contributed by atoms with E-state index in [1.807, 2.05) is 6.07 Å². The molecule has 33 heavy (non-hydrogen) atoms. The van der Waals surface area contributed by atoms with Gasteiger partial charge in [-0.05, 0) is 72.9 Å². The lowest BCUT2D eigenvalue weighted by Crippen LogP contribution is -2.46. The Balaban J connectivity index is 1.22. The minimum Gasteiger partial charge on any atom is -0.326 e. The quantitative estimate of drug-likeness (QED) is 0.469. The topological polar surface area (TPSA) is 29.1 Å². The van der Waals surface area contributed by atoms with Crippen LogP contribution >= 0.6 is 0 Å². The zero-order valence-corrected chi connectivity index (χ0v) is 19.7. The van der Waals surface area contributed by atoms with Gasteiger partial charge in [-0.1, -0.05) is 60.7 Å². The molecule has 1 unspecified atom stereocenters. The number of likely N-dealkylation sites (tertiary alicyclic amines) is 1. The molecule has 5 rings (SSSR count). The van der Waals surface area contributed by atoms with E-state index in [9.17, 15) is 4.79 Å². The van der Waals surface area contributed by atoms with Crippen LogP contribution in [0.1, 0.15) is 42.4 Å². The molecule has 1 aliphatic heterocycles. The van der Waals surface area contributed by atoms with E-state index in [0.29, 0.717) is 0 Å². The molecule has 170 valence electrons. The van der Waals surface area contributed by atoms with Crippen LogP contribution in [-0.4, -0.2) is 30.5 Å². The first-order valence-corrected chi connectivity index (χ1v) is 12.5. The zero-order valence-electron chi connectivity index (χ0n) is 19.7.